The van der Waals surface area contributed by atoms with E-state index in [0.29, 0.717) is 0 Å². The number of fused-ring (bicyclic) bond motifs is 3. The van der Waals surface area contributed by atoms with Gasteiger partial charge >= 0.3 is 0 Å². The first kappa shape index (κ1) is 12.0. The highest BCUT2D eigenvalue weighted by molar-refractivity contribution is 7.19. The van der Waals surface area contributed by atoms with E-state index in [-0.39, 0.29) is 0 Å². The molecule has 94 valence electrons. The van der Waals surface area contributed by atoms with Crippen LogP contribution in [0.4, 0.5) is 0 Å². The third kappa shape index (κ3) is 1.96. The first-order valence-corrected chi connectivity index (χ1v) is 11.2. The van der Waals surface area contributed by atoms with E-state index in [1.807, 2.05) is 0 Å². The zero-order chi connectivity index (χ0) is 12.0. The van der Waals surface area contributed by atoms with Crippen LogP contribution in [-0.2, 0) is 0 Å². The van der Waals surface area contributed by atoms with Crippen molar-refractivity contribution in [1.29, 1.82) is 0 Å². The lowest BCUT2D eigenvalue weighted by Gasteiger charge is -2.35. The van der Waals surface area contributed by atoms with Gasteiger partial charge in [-0.1, -0.05) is 56.7 Å². The minimum absolute atomic E-state index is 0.757. The highest BCUT2D eigenvalue weighted by atomic mass is 35.6. The van der Waals surface area contributed by atoms with Crippen LogP contribution in [0.5, 0.6) is 0 Å². The second-order valence-corrected chi connectivity index (χ2v) is 13.3. The third-order valence-corrected chi connectivity index (χ3v) is 8.41. The van der Waals surface area contributed by atoms with E-state index in [1.165, 1.54) is 25.7 Å². The smallest absolute Gasteiger partial charge is 0.154 e. The van der Waals surface area contributed by atoms with E-state index in [1.54, 1.807) is 0 Å². The summed E-state index contributed by atoms with van der Waals surface area (Å²) in [6.45, 7) is 4.72. The van der Waals surface area contributed by atoms with Crippen LogP contribution in [0, 0.1) is 23.7 Å². The average molecular weight is 267 g/mol. The van der Waals surface area contributed by atoms with Crippen molar-refractivity contribution in [3.8, 4) is 0 Å². The highest BCUT2D eigenvalue weighted by Gasteiger charge is 2.54. The number of allylic oxidation sites excluding steroid dienone is 4. The second kappa shape index (κ2) is 4.27. The molecule has 0 bridgehead atoms. The van der Waals surface area contributed by atoms with Gasteiger partial charge in [-0.15, -0.1) is 0 Å². The molecule has 0 aromatic rings. The molecule has 5 unspecified atom stereocenters. The van der Waals surface area contributed by atoms with Crippen molar-refractivity contribution in [1.82, 2.24) is 0 Å². The third-order valence-electron chi connectivity index (χ3n) is 5.26. The number of rotatable bonds is 1. The molecule has 0 aromatic carbocycles. The van der Waals surface area contributed by atoms with Crippen LogP contribution in [0.15, 0.2) is 24.3 Å². The van der Waals surface area contributed by atoms with E-state index < -0.39 is 7.38 Å². The second-order valence-electron chi connectivity index (χ2n) is 6.63. The van der Waals surface area contributed by atoms with Gasteiger partial charge in [0.25, 0.3) is 0 Å². The molecule has 0 saturated heterocycles. The number of hydrogen-bond donors (Lipinski definition) is 0. The molecule has 0 heterocycles. The Labute approximate surface area is 111 Å². The Morgan fingerprint density at radius 3 is 2.18 bits per heavy atom. The average Bonchev–Trinajstić information content (AvgIpc) is 2.63. The Hall–Kier alpha value is -0.0131. The number of halogens is 1. The molecule has 3 rings (SSSR count). The molecule has 0 nitrogen and oxygen atoms in total. The van der Waals surface area contributed by atoms with Crippen molar-refractivity contribution in [2.75, 3.05) is 0 Å². The maximum Gasteiger partial charge on any atom is 0.154 e. The van der Waals surface area contributed by atoms with Gasteiger partial charge in [0, 0.05) is 0 Å². The monoisotopic (exact) mass is 266 g/mol. The van der Waals surface area contributed by atoms with Gasteiger partial charge in [0.15, 0.2) is 7.38 Å². The lowest BCUT2D eigenvalue weighted by molar-refractivity contribution is 0.247. The highest BCUT2D eigenvalue weighted by Crippen LogP contribution is 2.60. The lowest BCUT2D eigenvalue weighted by atomic mass is 9.77. The molecular weight excluding hydrogens is 244 g/mol. The zero-order valence-corrected chi connectivity index (χ0v) is 12.7. The molecular formula is C15H23ClSi. The summed E-state index contributed by atoms with van der Waals surface area (Å²) in [5.74, 6) is 3.42. The van der Waals surface area contributed by atoms with Crippen molar-refractivity contribution < 1.29 is 0 Å². The van der Waals surface area contributed by atoms with Crippen molar-refractivity contribution in [3.63, 3.8) is 0 Å². The van der Waals surface area contributed by atoms with Gasteiger partial charge in [0.2, 0.25) is 0 Å². The fourth-order valence-electron chi connectivity index (χ4n) is 4.79. The van der Waals surface area contributed by atoms with E-state index in [9.17, 15) is 0 Å². The van der Waals surface area contributed by atoms with Crippen molar-refractivity contribution in [2.45, 2.75) is 44.3 Å². The lowest BCUT2D eigenvalue weighted by Crippen LogP contribution is -2.33. The maximum atomic E-state index is 6.86. The van der Waals surface area contributed by atoms with E-state index >= 15 is 0 Å². The standard InChI is InChI=1S/C15H23ClSi/c1-17(2,16)15-13-9-5-3-7-11(13)12-8-4-6-10-14(12)15/h3,5,7,9,11-15H,4,6,8,10H2,1-2H3. The SMILES string of the molecule is C[Si](C)(Cl)C1C2C=CC=CC2C2CCCCC21. The summed E-state index contributed by atoms with van der Waals surface area (Å²) in [5.41, 5.74) is 0.806. The van der Waals surface area contributed by atoms with E-state index in [2.05, 4.69) is 37.4 Å². The summed E-state index contributed by atoms with van der Waals surface area (Å²) >= 11 is 6.86. The summed E-state index contributed by atoms with van der Waals surface area (Å²) in [5, 5.41) is 0. The zero-order valence-electron chi connectivity index (χ0n) is 10.9. The largest absolute Gasteiger partial charge is 0.167 e. The normalized spacial score (nSPS) is 44.5. The molecule has 17 heavy (non-hydrogen) atoms. The van der Waals surface area contributed by atoms with Crippen LogP contribution in [0.3, 0.4) is 0 Å². The van der Waals surface area contributed by atoms with E-state index in [4.69, 9.17) is 11.1 Å². The van der Waals surface area contributed by atoms with Crippen LogP contribution in [0.2, 0.25) is 18.6 Å². The van der Waals surface area contributed by atoms with Crippen LogP contribution in [-0.4, -0.2) is 7.38 Å². The minimum Gasteiger partial charge on any atom is -0.167 e. The number of hydrogen-bond acceptors (Lipinski definition) is 0. The first-order valence-electron chi connectivity index (χ1n) is 7.13. The topological polar surface area (TPSA) is 0 Å². The Morgan fingerprint density at radius 1 is 0.941 bits per heavy atom. The van der Waals surface area contributed by atoms with Crippen molar-refractivity contribution >= 4 is 18.5 Å². The van der Waals surface area contributed by atoms with Gasteiger partial charge in [-0.2, -0.15) is 11.1 Å². The van der Waals surface area contributed by atoms with Gasteiger partial charge < -0.3 is 0 Å². The summed E-state index contributed by atoms with van der Waals surface area (Å²) in [6, 6.07) is 0. The predicted molar refractivity (Wildman–Crippen MR) is 77.8 cm³/mol. The minimum atomic E-state index is -1.55. The van der Waals surface area contributed by atoms with Crippen LogP contribution >= 0.6 is 11.1 Å². The summed E-state index contributed by atoms with van der Waals surface area (Å²) in [4.78, 5) is 0. The summed E-state index contributed by atoms with van der Waals surface area (Å²) < 4.78 is 0. The van der Waals surface area contributed by atoms with E-state index in [0.717, 1.165) is 29.2 Å². The van der Waals surface area contributed by atoms with Gasteiger partial charge in [-0.25, -0.2) is 0 Å². The van der Waals surface area contributed by atoms with Crippen LogP contribution in [0.1, 0.15) is 25.7 Å². The van der Waals surface area contributed by atoms with Gasteiger partial charge in [0.05, 0.1) is 0 Å². The van der Waals surface area contributed by atoms with Crippen molar-refractivity contribution in [3.05, 3.63) is 24.3 Å². The molecule has 2 heteroatoms. The fraction of sp³-hybridized carbons (Fsp3) is 0.733. The molecule has 5 atom stereocenters. The summed E-state index contributed by atoms with van der Waals surface area (Å²) in [6.07, 6.45) is 15.2. The van der Waals surface area contributed by atoms with Crippen LogP contribution in [0.25, 0.3) is 0 Å². The van der Waals surface area contributed by atoms with Crippen molar-refractivity contribution in [2.24, 2.45) is 23.7 Å². The molecule has 2 saturated carbocycles. The molecule has 0 aromatic heterocycles. The molecule has 0 radical (unpaired) electrons. The molecule has 0 aliphatic heterocycles. The molecule has 2 fully saturated rings. The Morgan fingerprint density at radius 2 is 1.53 bits per heavy atom. The predicted octanol–water partition coefficient (Wildman–Crippen LogP) is 4.98. The Kier molecular flexibility index (Phi) is 3.03. The van der Waals surface area contributed by atoms with Gasteiger partial charge in [0.1, 0.15) is 0 Å². The molecule has 0 amide bonds. The first-order chi connectivity index (χ1) is 8.09. The fourth-order valence-corrected chi connectivity index (χ4v) is 8.40. The molecule has 3 aliphatic rings. The Bertz CT molecular complexity index is 352. The maximum absolute atomic E-state index is 6.86. The van der Waals surface area contributed by atoms with Gasteiger partial charge in [-0.3, -0.25) is 0 Å². The summed E-state index contributed by atoms with van der Waals surface area (Å²) in [7, 11) is -1.55. The molecule has 3 aliphatic carbocycles. The molecule has 0 spiro atoms. The molecule has 0 N–H and O–H groups in total. The van der Waals surface area contributed by atoms with Gasteiger partial charge in [-0.05, 0) is 35.6 Å². The Balaban J connectivity index is 1.97. The quantitative estimate of drug-likeness (QED) is 0.464. The van der Waals surface area contributed by atoms with Crippen LogP contribution < -0.4 is 0 Å².